The third-order valence-electron chi connectivity index (χ3n) is 1.23. The van der Waals surface area contributed by atoms with Crippen molar-refractivity contribution in [2.24, 2.45) is 0 Å². The lowest BCUT2D eigenvalue weighted by atomic mass is 10.5. The first-order chi connectivity index (χ1) is 5.69. The van der Waals surface area contributed by atoms with Gasteiger partial charge in [-0.25, -0.2) is 4.79 Å². The Morgan fingerprint density at radius 1 is 1.58 bits per heavy atom. The molecule has 1 aromatic rings. The lowest BCUT2D eigenvalue weighted by Crippen LogP contribution is -1.96. The quantitative estimate of drug-likeness (QED) is 0.756. The van der Waals surface area contributed by atoms with Gasteiger partial charge in [0, 0.05) is 0 Å². The highest BCUT2D eigenvalue weighted by molar-refractivity contribution is 9.10. The fraction of sp³-hybridized carbons (Fsp3) is 0.286. The summed E-state index contributed by atoms with van der Waals surface area (Å²) in [6.45, 7) is 0. The van der Waals surface area contributed by atoms with Crippen LogP contribution in [0.5, 0.6) is 5.06 Å². The Kier molecular flexibility index (Phi) is 3.11. The van der Waals surface area contributed by atoms with Gasteiger partial charge in [0.15, 0.2) is 5.06 Å². The van der Waals surface area contributed by atoms with E-state index < -0.39 is 0 Å². The average Bonchev–Trinajstić information content (AvgIpc) is 2.45. The van der Waals surface area contributed by atoms with Crippen molar-refractivity contribution in [2.75, 3.05) is 14.2 Å². The van der Waals surface area contributed by atoms with Crippen LogP contribution in [-0.2, 0) is 4.74 Å². The topological polar surface area (TPSA) is 35.5 Å². The minimum atomic E-state index is -0.344. The Hall–Kier alpha value is -0.550. The number of carbonyl (C=O) groups is 1. The molecule has 0 fully saturated rings. The lowest BCUT2D eigenvalue weighted by Gasteiger charge is -1.92. The van der Waals surface area contributed by atoms with E-state index in [9.17, 15) is 4.79 Å². The lowest BCUT2D eigenvalue weighted by molar-refractivity contribution is 0.0606. The van der Waals surface area contributed by atoms with E-state index >= 15 is 0 Å². The van der Waals surface area contributed by atoms with Gasteiger partial charge >= 0.3 is 5.97 Å². The minimum absolute atomic E-state index is 0.344. The molecule has 0 aliphatic rings. The summed E-state index contributed by atoms with van der Waals surface area (Å²) in [7, 11) is 2.90. The maximum atomic E-state index is 11.0. The number of rotatable bonds is 2. The smallest absolute Gasteiger partial charge is 0.348 e. The summed E-state index contributed by atoms with van der Waals surface area (Å²) in [4.78, 5) is 11.5. The van der Waals surface area contributed by atoms with Gasteiger partial charge in [-0.1, -0.05) is 11.3 Å². The predicted molar refractivity (Wildman–Crippen MR) is 49.9 cm³/mol. The van der Waals surface area contributed by atoms with E-state index in [4.69, 9.17) is 4.74 Å². The van der Waals surface area contributed by atoms with Crippen molar-refractivity contribution in [1.29, 1.82) is 0 Å². The molecule has 0 aromatic carbocycles. The summed E-state index contributed by atoms with van der Waals surface area (Å²) in [6.07, 6.45) is 0. The Labute approximate surface area is 82.4 Å². The second-order valence-corrected chi connectivity index (χ2v) is 3.81. The van der Waals surface area contributed by atoms with Crippen LogP contribution in [0.4, 0.5) is 0 Å². The molecule has 1 heterocycles. The highest BCUT2D eigenvalue weighted by atomic mass is 79.9. The van der Waals surface area contributed by atoms with Crippen molar-refractivity contribution in [1.82, 2.24) is 0 Å². The monoisotopic (exact) mass is 250 g/mol. The van der Waals surface area contributed by atoms with E-state index in [0.717, 1.165) is 4.47 Å². The zero-order chi connectivity index (χ0) is 9.14. The van der Waals surface area contributed by atoms with Crippen LogP contribution in [0.25, 0.3) is 0 Å². The van der Waals surface area contributed by atoms with Gasteiger partial charge in [0.2, 0.25) is 0 Å². The van der Waals surface area contributed by atoms with E-state index in [-0.39, 0.29) is 5.97 Å². The molecule has 12 heavy (non-hydrogen) atoms. The van der Waals surface area contributed by atoms with E-state index in [1.165, 1.54) is 18.4 Å². The van der Waals surface area contributed by atoms with Crippen LogP contribution in [0, 0.1) is 0 Å². The summed E-state index contributed by atoms with van der Waals surface area (Å²) in [5, 5.41) is 0.676. The number of methoxy groups -OCH3 is 2. The summed E-state index contributed by atoms with van der Waals surface area (Å²) in [5.74, 6) is -0.344. The van der Waals surface area contributed by atoms with Gasteiger partial charge in [0.05, 0.1) is 18.7 Å². The molecule has 1 aromatic heterocycles. The Bertz CT molecular complexity index is 295. The molecule has 0 N–H and O–H groups in total. The number of halogens is 1. The molecule has 66 valence electrons. The molecule has 1 rings (SSSR count). The molecule has 0 saturated carbocycles. The zero-order valence-electron chi connectivity index (χ0n) is 6.59. The molecule has 0 aliphatic carbocycles. The maximum absolute atomic E-state index is 11.0. The van der Waals surface area contributed by atoms with E-state index in [1.54, 1.807) is 13.2 Å². The first kappa shape index (κ1) is 9.54. The van der Waals surface area contributed by atoms with Crippen LogP contribution in [0.1, 0.15) is 9.67 Å². The predicted octanol–water partition coefficient (Wildman–Crippen LogP) is 2.31. The van der Waals surface area contributed by atoms with Gasteiger partial charge in [0.1, 0.15) is 4.88 Å². The summed E-state index contributed by atoms with van der Waals surface area (Å²) < 4.78 is 10.3. The summed E-state index contributed by atoms with van der Waals surface area (Å²) in [5.41, 5.74) is 0. The van der Waals surface area contributed by atoms with E-state index in [1.807, 2.05) is 0 Å². The second-order valence-electron chi connectivity index (χ2n) is 1.94. The van der Waals surface area contributed by atoms with Crippen LogP contribution < -0.4 is 4.74 Å². The van der Waals surface area contributed by atoms with Crippen molar-refractivity contribution in [2.45, 2.75) is 0 Å². The first-order valence-corrected chi connectivity index (χ1v) is 4.71. The molecule has 5 heteroatoms. The second kappa shape index (κ2) is 3.91. The fourth-order valence-electron chi connectivity index (χ4n) is 0.692. The number of esters is 1. The molecule has 0 atom stereocenters. The van der Waals surface area contributed by atoms with Crippen molar-refractivity contribution in [3.63, 3.8) is 0 Å². The standard InChI is InChI=1S/C7H7BrO3S/c1-10-6(9)5-3-4(8)7(11-2)12-5/h3H,1-2H3. The van der Waals surface area contributed by atoms with Crippen LogP contribution in [0.2, 0.25) is 0 Å². The fourth-order valence-corrected chi connectivity index (χ4v) is 2.26. The molecule has 0 spiro atoms. The van der Waals surface area contributed by atoms with E-state index in [0.29, 0.717) is 9.94 Å². The first-order valence-electron chi connectivity index (χ1n) is 3.10. The molecule has 0 saturated heterocycles. The van der Waals surface area contributed by atoms with Crippen LogP contribution in [0.3, 0.4) is 0 Å². The molecule has 0 amide bonds. The Balaban J connectivity index is 2.96. The highest BCUT2D eigenvalue weighted by Crippen LogP contribution is 2.34. The maximum Gasteiger partial charge on any atom is 0.348 e. The third-order valence-corrected chi connectivity index (χ3v) is 3.16. The van der Waals surface area contributed by atoms with Crippen molar-refractivity contribution in [3.05, 3.63) is 15.4 Å². The normalized spacial score (nSPS) is 9.58. The summed E-state index contributed by atoms with van der Waals surface area (Å²) in [6, 6.07) is 1.68. The van der Waals surface area contributed by atoms with E-state index in [2.05, 4.69) is 20.7 Å². The summed E-state index contributed by atoms with van der Waals surface area (Å²) >= 11 is 4.50. The number of thiophene rings is 1. The van der Waals surface area contributed by atoms with Gasteiger partial charge in [-0.05, 0) is 22.0 Å². The van der Waals surface area contributed by atoms with Gasteiger partial charge in [-0.3, -0.25) is 0 Å². The third kappa shape index (κ3) is 1.78. The van der Waals surface area contributed by atoms with Gasteiger partial charge in [-0.2, -0.15) is 0 Å². The van der Waals surface area contributed by atoms with Crippen molar-refractivity contribution < 1.29 is 14.3 Å². The molecule has 0 unspecified atom stereocenters. The Morgan fingerprint density at radius 3 is 2.67 bits per heavy atom. The van der Waals surface area contributed by atoms with Gasteiger partial charge in [-0.15, -0.1) is 0 Å². The minimum Gasteiger partial charge on any atom is -0.486 e. The molecule has 0 bridgehead atoms. The molecule has 0 radical (unpaired) electrons. The molecular weight excluding hydrogens is 244 g/mol. The van der Waals surface area contributed by atoms with Crippen molar-refractivity contribution in [3.8, 4) is 5.06 Å². The number of hydrogen-bond acceptors (Lipinski definition) is 4. The van der Waals surface area contributed by atoms with Crippen LogP contribution >= 0.6 is 27.3 Å². The average molecular weight is 251 g/mol. The number of hydrogen-bond donors (Lipinski definition) is 0. The number of carbonyl (C=O) groups excluding carboxylic acids is 1. The molecule has 0 aliphatic heterocycles. The van der Waals surface area contributed by atoms with Gasteiger partial charge < -0.3 is 9.47 Å². The molecular formula is C7H7BrO3S. The van der Waals surface area contributed by atoms with Crippen LogP contribution in [0.15, 0.2) is 10.5 Å². The highest BCUT2D eigenvalue weighted by Gasteiger charge is 2.13. The van der Waals surface area contributed by atoms with Crippen molar-refractivity contribution >= 4 is 33.2 Å². The SMILES string of the molecule is COC(=O)c1cc(Br)c(OC)s1. The molecule has 3 nitrogen and oxygen atoms in total. The zero-order valence-corrected chi connectivity index (χ0v) is 8.99. The largest absolute Gasteiger partial charge is 0.486 e. The Morgan fingerprint density at radius 2 is 2.25 bits per heavy atom. The van der Waals surface area contributed by atoms with Crippen LogP contribution in [-0.4, -0.2) is 20.2 Å². The number of ether oxygens (including phenoxy) is 2. The van der Waals surface area contributed by atoms with Gasteiger partial charge in [0.25, 0.3) is 0 Å².